The lowest BCUT2D eigenvalue weighted by Gasteiger charge is -2.35. The first-order valence-corrected chi connectivity index (χ1v) is 11.2. The first-order valence-electron chi connectivity index (χ1n) is 9.70. The van der Waals surface area contributed by atoms with Crippen LogP contribution in [0.25, 0.3) is 0 Å². The third kappa shape index (κ3) is 3.33. The van der Waals surface area contributed by atoms with E-state index < -0.39 is 20.5 Å². The van der Waals surface area contributed by atoms with E-state index in [1.165, 1.54) is 23.3 Å². The number of carbonyl (C=O) groups excluding carboxylic acids is 1. The number of hydrogen-bond acceptors (Lipinski definition) is 5. The van der Waals surface area contributed by atoms with Gasteiger partial charge < -0.3 is 10.1 Å². The molecule has 0 unspecified atom stereocenters. The molecule has 1 fully saturated rings. The van der Waals surface area contributed by atoms with Gasteiger partial charge >= 0.3 is 0 Å². The largest absolute Gasteiger partial charge is 0.381 e. The third-order valence-electron chi connectivity index (χ3n) is 5.75. The van der Waals surface area contributed by atoms with Crippen LogP contribution in [0.1, 0.15) is 36.8 Å². The molecule has 1 N–H and O–H groups in total. The highest BCUT2D eigenvalue weighted by atomic mass is 32.2. The molecule has 2 aliphatic rings. The van der Waals surface area contributed by atoms with E-state index in [1.807, 2.05) is 6.07 Å². The molecule has 6 nitrogen and oxygen atoms in total. The van der Waals surface area contributed by atoms with E-state index in [4.69, 9.17) is 4.74 Å². The molecule has 148 valence electrons. The maximum atomic E-state index is 13.4. The van der Waals surface area contributed by atoms with E-state index in [-0.39, 0.29) is 31.0 Å². The minimum absolute atomic E-state index is 0.126. The van der Waals surface area contributed by atoms with Gasteiger partial charge in [0.25, 0.3) is 0 Å². The summed E-state index contributed by atoms with van der Waals surface area (Å²) in [5.74, 6) is -0.109. The number of benzene rings is 1. The van der Waals surface area contributed by atoms with Gasteiger partial charge in [-0.05, 0) is 67.9 Å². The minimum atomic E-state index is -3.88. The third-order valence-corrected chi connectivity index (χ3v) is 8.26. The summed E-state index contributed by atoms with van der Waals surface area (Å²) in [5.41, 5.74) is 2.39. The first kappa shape index (κ1) is 19.1. The smallest absolute Gasteiger partial charge is 0.247 e. The Bertz CT molecular complexity index is 967. The second-order valence-corrected chi connectivity index (χ2v) is 9.68. The van der Waals surface area contributed by atoms with Crippen LogP contribution in [0, 0.1) is 0 Å². The molecule has 0 spiro atoms. The summed E-state index contributed by atoms with van der Waals surface area (Å²) in [6, 6.07) is 10.1. The lowest BCUT2D eigenvalue weighted by molar-refractivity contribution is -0.121. The molecular formula is C21H24N2O4S. The molecule has 1 amide bonds. The van der Waals surface area contributed by atoms with Crippen molar-refractivity contribution in [2.75, 3.05) is 18.5 Å². The fraction of sp³-hybridized carbons (Fsp3) is 0.429. The topological polar surface area (TPSA) is 85.4 Å². The molecule has 1 aromatic heterocycles. The Morgan fingerprint density at radius 2 is 1.71 bits per heavy atom. The standard InChI is InChI=1S/C21H24N2O4S/c24-20(23-19-14-16-6-4-5-7-17(16)15-22-19)21(10-12-27-13-11-21)28(25,26)18-8-2-1-3-9-18/h1-3,8-9,14-15H,4-7,10-13H2,(H,22,23,24). The zero-order valence-corrected chi connectivity index (χ0v) is 16.5. The normalized spacial score (nSPS) is 18.9. The summed E-state index contributed by atoms with van der Waals surface area (Å²) in [6.07, 6.45) is 6.28. The second-order valence-electron chi connectivity index (χ2n) is 7.42. The molecule has 0 saturated carbocycles. The van der Waals surface area contributed by atoms with E-state index >= 15 is 0 Å². The molecule has 1 aromatic carbocycles. The van der Waals surface area contributed by atoms with Crippen molar-refractivity contribution < 1.29 is 17.9 Å². The highest BCUT2D eigenvalue weighted by Crippen LogP contribution is 2.36. The molecule has 1 saturated heterocycles. The van der Waals surface area contributed by atoms with Crippen LogP contribution in [-0.2, 0) is 32.2 Å². The molecule has 1 aliphatic carbocycles. The monoisotopic (exact) mass is 400 g/mol. The van der Waals surface area contributed by atoms with Crippen molar-refractivity contribution in [3.8, 4) is 0 Å². The van der Waals surface area contributed by atoms with E-state index in [1.54, 1.807) is 24.4 Å². The number of fused-ring (bicyclic) bond motifs is 1. The Morgan fingerprint density at radius 3 is 2.43 bits per heavy atom. The zero-order valence-electron chi connectivity index (χ0n) is 15.7. The molecule has 0 bridgehead atoms. The first-order chi connectivity index (χ1) is 13.5. The average molecular weight is 401 g/mol. The summed E-state index contributed by atoms with van der Waals surface area (Å²) < 4.78 is 30.7. The number of aryl methyl sites for hydroxylation is 2. The second kappa shape index (κ2) is 7.64. The molecule has 0 atom stereocenters. The van der Waals surface area contributed by atoms with E-state index in [0.717, 1.165) is 25.7 Å². The number of aromatic nitrogens is 1. The lowest BCUT2D eigenvalue weighted by Crippen LogP contribution is -2.53. The zero-order chi connectivity index (χ0) is 19.6. The van der Waals surface area contributed by atoms with E-state index in [2.05, 4.69) is 10.3 Å². The SMILES string of the molecule is O=C(Nc1cc2c(cn1)CCCC2)C1(S(=O)(=O)c2ccccc2)CCOCC1. The molecule has 7 heteroatoms. The fourth-order valence-corrected chi connectivity index (χ4v) is 6.02. The minimum Gasteiger partial charge on any atom is -0.381 e. The van der Waals surface area contributed by atoms with Gasteiger partial charge in [0, 0.05) is 19.4 Å². The number of ether oxygens (including phenoxy) is 1. The van der Waals surface area contributed by atoms with Gasteiger partial charge in [-0.2, -0.15) is 0 Å². The van der Waals surface area contributed by atoms with Gasteiger partial charge in [0.15, 0.2) is 14.6 Å². The van der Waals surface area contributed by atoms with Crippen molar-refractivity contribution in [2.24, 2.45) is 0 Å². The van der Waals surface area contributed by atoms with Crippen molar-refractivity contribution in [1.82, 2.24) is 4.98 Å². The molecule has 0 radical (unpaired) electrons. The van der Waals surface area contributed by atoms with Gasteiger partial charge in [-0.1, -0.05) is 18.2 Å². The number of carbonyl (C=O) groups is 1. The van der Waals surface area contributed by atoms with Crippen molar-refractivity contribution in [2.45, 2.75) is 48.2 Å². The van der Waals surface area contributed by atoms with Gasteiger partial charge in [0.1, 0.15) is 5.82 Å². The number of rotatable bonds is 4. The van der Waals surface area contributed by atoms with Crippen LogP contribution in [0.15, 0.2) is 47.5 Å². The van der Waals surface area contributed by atoms with Gasteiger partial charge in [0.2, 0.25) is 5.91 Å². The molecular weight excluding hydrogens is 376 g/mol. The Balaban J connectivity index is 1.67. The number of sulfone groups is 1. The molecule has 2 heterocycles. The average Bonchev–Trinajstić information content (AvgIpc) is 2.74. The number of anilines is 1. The number of amides is 1. The Hall–Kier alpha value is -2.25. The molecule has 1 aliphatic heterocycles. The number of hydrogen-bond donors (Lipinski definition) is 1. The predicted octanol–water partition coefficient (Wildman–Crippen LogP) is 2.92. The van der Waals surface area contributed by atoms with Gasteiger partial charge in [-0.25, -0.2) is 13.4 Å². The highest BCUT2D eigenvalue weighted by Gasteiger charge is 2.52. The van der Waals surface area contributed by atoms with E-state index in [9.17, 15) is 13.2 Å². The Kier molecular flexibility index (Phi) is 5.21. The number of nitrogens with zero attached hydrogens (tertiary/aromatic N) is 1. The summed E-state index contributed by atoms with van der Waals surface area (Å²) in [6.45, 7) is 0.466. The summed E-state index contributed by atoms with van der Waals surface area (Å²) in [4.78, 5) is 17.8. The summed E-state index contributed by atoms with van der Waals surface area (Å²) in [7, 11) is -3.88. The van der Waals surface area contributed by atoms with Crippen molar-refractivity contribution >= 4 is 21.6 Å². The van der Waals surface area contributed by atoms with Crippen molar-refractivity contribution in [3.63, 3.8) is 0 Å². The Morgan fingerprint density at radius 1 is 1.04 bits per heavy atom. The number of pyridine rings is 1. The van der Waals surface area contributed by atoms with Gasteiger partial charge in [0.05, 0.1) is 4.90 Å². The van der Waals surface area contributed by atoms with Crippen LogP contribution in [0.2, 0.25) is 0 Å². The molecule has 28 heavy (non-hydrogen) atoms. The van der Waals surface area contributed by atoms with Crippen LogP contribution in [0.4, 0.5) is 5.82 Å². The fourth-order valence-electron chi connectivity index (χ4n) is 4.06. The van der Waals surface area contributed by atoms with Gasteiger partial charge in [-0.3, -0.25) is 4.79 Å². The van der Waals surface area contributed by atoms with Crippen molar-refractivity contribution in [3.05, 3.63) is 53.7 Å². The Labute approximate surface area is 165 Å². The highest BCUT2D eigenvalue weighted by molar-refractivity contribution is 7.93. The van der Waals surface area contributed by atoms with Crippen molar-refractivity contribution in [1.29, 1.82) is 0 Å². The van der Waals surface area contributed by atoms with Crippen LogP contribution in [-0.4, -0.2) is 37.3 Å². The van der Waals surface area contributed by atoms with Crippen LogP contribution in [0.5, 0.6) is 0 Å². The molecule has 2 aromatic rings. The number of nitrogens with one attached hydrogen (secondary N) is 1. The predicted molar refractivity (Wildman–Crippen MR) is 106 cm³/mol. The maximum absolute atomic E-state index is 13.4. The quantitative estimate of drug-likeness (QED) is 0.853. The van der Waals surface area contributed by atoms with Crippen LogP contribution in [0.3, 0.4) is 0 Å². The van der Waals surface area contributed by atoms with E-state index in [0.29, 0.717) is 5.82 Å². The van der Waals surface area contributed by atoms with Crippen LogP contribution < -0.4 is 5.32 Å². The van der Waals surface area contributed by atoms with Crippen LogP contribution >= 0.6 is 0 Å². The molecule has 4 rings (SSSR count). The summed E-state index contributed by atoms with van der Waals surface area (Å²) in [5, 5.41) is 2.79. The van der Waals surface area contributed by atoms with Gasteiger partial charge in [-0.15, -0.1) is 0 Å². The summed E-state index contributed by atoms with van der Waals surface area (Å²) >= 11 is 0. The lowest BCUT2D eigenvalue weighted by atomic mass is 9.93. The maximum Gasteiger partial charge on any atom is 0.247 e.